The molecule has 4 atom stereocenters. The number of hydrogen-bond acceptors (Lipinski definition) is 4. The summed E-state index contributed by atoms with van der Waals surface area (Å²) in [6.07, 6.45) is 3.41. The number of thiocarbonyl (C=S) groups is 1. The van der Waals surface area contributed by atoms with Gasteiger partial charge in [0, 0.05) is 16.6 Å². The fraction of sp³-hybridized carbons (Fsp3) is 0.381. The van der Waals surface area contributed by atoms with Crippen LogP contribution in [0.2, 0.25) is 0 Å². The fourth-order valence-electron chi connectivity index (χ4n) is 5.09. The zero-order chi connectivity index (χ0) is 19.8. The molecular weight excluding hydrogens is 380 g/mol. The largest absolute Gasteiger partial charge is 0.325 e. The van der Waals surface area contributed by atoms with Crippen LogP contribution in [0.25, 0.3) is 0 Å². The second kappa shape index (κ2) is 5.48. The van der Waals surface area contributed by atoms with Crippen LogP contribution in [0.3, 0.4) is 0 Å². The van der Waals surface area contributed by atoms with Gasteiger partial charge in [0.2, 0.25) is 5.91 Å². The van der Waals surface area contributed by atoms with Gasteiger partial charge >= 0.3 is 0 Å². The molecule has 0 saturated carbocycles. The van der Waals surface area contributed by atoms with Gasteiger partial charge in [0.15, 0.2) is 11.3 Å². The minimum absolute atomic E-state index is 0.117. The number of allylic oxidation sites excluding steroid dienone is 1. The highest BCUT2D eigenvalue weighted by atomic mass is 35.5. The number of hydrogen-bond donors (Lipinski definition) is 1. The summed E-state index contributed by atoms with van der Waals surface area (Å²) in [5, 5.41) is 5.87. The van der Waals surface area contributed by atoms with Gasteiger partial charge in [-0.2, -0.15) is 0 Å². The lowest BCUT2D eigenvalue weighted by Gasteiger charge is -2.48. The number of halogens is 1. The molecule has 1 heterocycles. The lowest BCUT2D eigenvalue weighted by molar-refractivity contribution is -0.134. The topological polar surface area (TPSA) is 58.5 Å². The molecule has 1 N–H and O–H groups in total. The Hall–Kier alpha value is -2.07. The number of aliphatic imine (C=N–C) groups is 1. The predicted molar refractivity (Wildman–Crippen MR) is 109 cm³/mol. The summed E-state index contributed by atoms with van der Waals surface area (Å²) in [7, 11) is 0. The second-order valence-electron chi connectivity index (χ2n) is 8.19. The number of benzene rings is 1. The van der Waals surface area contributed by atoms with Crippen molar-refractivity contribution in [3.05, 3.63) is 53.1 Å². The molecule has 1 aromatic rings. The molecule has 3 aliphatic rings. The summed E-state index contributed by atoms with van der Waals surface area (Å²) in [5.41, 5.74) is -0.947. The third-order valence-corrected chi connectivity index (χ3v) is 7.28. The number of anilines is 1. The first-order chi connectivity index (χ1) is 12.7. The van der Waals surface area contributed by atoms with E-state index in [2.05, 4.69) is 22.0 Å². The third-order valence-electron chi connectivity index (χ3n) is 6.67. The molecule has 0 aromatic heterocycles. The molecule has 4 nitrogen and oxygen atoms in total. The Labute approximate surface area is 168 Å². The van der Waals surface area contributed by atoms with Crippen LogP contribution < -0.4 is 5.32 Å². The fourth-order valence-corrected chi connectivity index (χ4v) is 5.56. The lowest BCUT2D eigenvalue weighted by atomic mass is 9.57. The molecule has 138 valence electrons. The molecule has 0 radical (unpaired) electrons. The van der Waals surface area contributed by atoms with Gasteiger partial charge in [0.05, 0.1) is 16.5 Å². The maximum absolute atomic E-state index is 14.0. The van der Waals surface area contributed by atoms with E-state index in [1.807, 2.05) is 39.0 Å². The number of ketones is 1. The van der Waals surface area contributed by atoms with Gasteiger partial charge in [-0.25, -0.2) is 4.99 Å². The number of carbonyl (C=O) groups excluding carboxylic acids is 2. The van der Waals surface area contributed by atoms with Gasteiger partial charge in [-0.05, 0) is 41.7 Å². The van der Waals surface area contributed by atoms with Crippen LogP contribution >= 0.6 is 23.8 Å². The molecule has 0 unspecified atom stereocenters. The zero-order valence-electron chi connectivity index (χ0n) is 15.3. The predicted octanol–water partition coefficient (Wildman–Crippen LogP) is 4.57. The van der Waals surface area contributed by atoms with E-state index in [1.54, 1.807) is 12.2 Å². The van der Waals surface area contributed by atoms with Crippen molar-refractivity contribution in [1.82, 2.24) is 0 Å². The van der Waals surface area contributed by atoms with Gasteiger partial charge in [-0.15, -0.1) is 6.58 Å². The number of Topliss-reactive ketones (excluding diaryl/α,β-unsaturated/α-hetero) is 1. The van der Waals surface area contributed by atoms with Crippen LogP contribution in [0.1, 0.15) is 37.8 Å². The van der Waals surface area contributed by atoms with Crippen molar-refractivity contribution < 1.29 is 9.59 Å². The molecule has 1 aliphatic heterocycles. The first-order valence-corrected chi connectivity index (χ1v) is 9.54. The molecule has 1 aromatic carbocycles. The summed E-state index contributed by atoms with van der Waals surface area (Å²) in [4.78, 5) is 31.4. The summed E-state index contributed by atoms with van der Waals surface area (Å²) < 4.78 is 0. The van der Waals surface area contributed by atoms with Crippen LogP contribution in [0.5, 0.6) is 0 Å². The van der Waals surface area contributed by atoms with E-state index in [1.165, 1.54) is 0 Å². The first kappa shape index (κ1) is 18.3. The highest BCUT2D eigenvalue weighted by Gasteiger charge is 2.67. The van der Waals surface area contributed by atoms with Crippen molar-refractivity contribution in [3.8, 4) is 0 Å². The van der Waals surface area contributed by atoms with Gasteiger partial charge in [0.25, 0.3) is 0 Å². The van der Waals surface area contributed by atoms with Crippen molar-refractivity contribution in [1.29, 1.82) is 0 Å². The third kappa shape index (κ3) is 1.90. The Morgan fingerprint density at radius 2 is 2.04 bits per heavy atom. The average molecular weight is 399 g/mol. The van der Waals surface area contributed by atoms with Gasteiger partial charge in [-0.1, -0.05) is 49.7 Å². The van der Waals surface area contributed by atoms with Crippen LogP contribution in [-0.4, -0.2) is 16.9 Å². The number of rotatable bonds is 2. The molecule has 2 bridgehead atoms. The SMILES string of the molecule is C=C[C@]1(C)C(Cl)=C[C@H]2C(=O)[C@]1(N=C=S)c1cccc3c1[C@H](C(=O)N3)C2(C)C. The summed E-state index contributed by atoms with van der Waals surface area (Å²) in [6.45, 7) is 9.64. The van der Waals surface area contributed by atoms with Crippen LogP contribution in [0, 0.1) is 16.7 Å². The Kier molecular flexibility index (Phi) is 3.71. The highest BCUT2D eigenvalue weighted by molar-refractivity contribution is 7.78. The van der Waals surface area contributed by atoms with Crippen molar-refractivity contribution >= 4 is 46.4 Å². The van der Waals surface area contributed by atoms with Gasteiger partial charge < -0.3 is 5.32 Å². The van der Waals surface area contributed by atoms with Crippen LogP contribution in [0.4, 0.5) is 5.69 Å². The summed E-state index contributed by atoms with van der Waals surface area (Å²) >= 11 is 11.7. The Morgan fingerprint density at radius 1 is 1.33 bits per heavy atom. The van der Waals surface area contributed by atoms with E-state index < -0.39 is 28.2 Å². The standard InChI is InChI=1S/C21H19ClN2O2S/c1-5-20(4)14(22)9-12-17(25)21(20,23-10-27)11-7-6-8-13-15(11)16(18(26)24-13)19(12,2)3/h5-9,12,16H,1H2,2-4H3,(H,24,26)/t12-,16+,20+,21+/m0/s1. The van der Waals surface area contributed by atoms with Crippen LogP contribution in [0.15, 0.2) is 47.0 Å². The van der Waals surface area contributed by atoms with Crippen LogP contribution in [-0.2, 0) is 15.1 Å². The average Bonchev–Trinajstić information content (AvgIpc) is 2.95. The molecular formula is C21H19ClN2O2S. The normalized spacial score (nSPS) is 35.3. The van der Waals surface area contributed by atoms with E-state index in [0.717, 1.165) is 5.56 Å². The molecule has 0 fully saturated rings. The molecule has 0 saturated heterocycles. The van der Waals surface area contributed by atoms with Gasteiger partial charge in [0.1, 0.15) is 0 Å². The number of fused-ring (bicyclic) bond motifs is 3. The van der Waals surface area contributed by atoms with E-state index in [9.17, 15) is 9.59 Å². The van der Waals surface area contributed by atoms with E-state index in [-0.39, 0.29) is 11.7 Å². The maximum atomic E-state index is 14.0. The van der Waals surface area contributed by atoms with E-state index >= 15 is 0 Å². The summed E-state index contributed by atoms with van der Waals surface area (Å²) in [6, 6.07) is 5.51. The van der Waals surface area contributed by atoms with Crippen molar-refractivity contribution in [3.63, 3.8) is 0 Å². The quantitative estimate of drug-likeness (QED) is 0.451. The smallest absolute Gasteiger partial charge is 0.232 e. The Bertz CT molecular complexity index is 1010. The zero-order valence-corrected chi connectivity index (χ0v) is 16.9. The first-order valence-electron chi connectivity index (χ1n) is 8.75. The number of carbonyl (C=O) groups is 2. The minimum Gasteiger partial charge on any atom is -0.325 e. The number of amides is 1. The van der Waals surface area contributed by atoms with Crippen molar-refractivity contribution in [2.75, 3.05) is 5.32 Å². The molecule has 0 spiro atoms. The molecule has 1 amide bonds. The number of nitrogens with one attached hydrogen (secondary N) is 1. The number of isothiocyanates is 1. The van der Waals surface area contributed by atoms with Crippen molar-refractivity contribution in [2.45, 2.75) is 32.2 Å². The molecule has 4 rings (SSSR count). The summed E-state index contributed by atoms with van der Waals surface area (Å²) in [5.74, 6) is -1.34. The second-order valence-corrected chi connectivity index (χ2v) is 8.78. The highest BCUT2D eigenvalue weighted by Crippen LogP contribution is 2.64. The Morgan fingerprint density at radius 3 is 2.67 bits per heavy atom. The Balaban J connectivity index is 2.27. The monoisotopic (exact) mass is 398 g/mol. The minimum atomic E-state index is -1.41. The molecule has 6 heteroatoms. The van der Waals surface area contributed by atoms with Gasteiger partial charge in [-0.3, -0.25) is 9.59 Å². The molecule has 2 aliphatic carbocycles. The lowest BCUT2D eigenvalue weighted by Crippen LogP contribution is -2.54. The number of nitrogens with zero attached hydrogens (tertiary/aromatic N) is 1. The molecule has 27 heavy (non-hydrogen) atoms. The van der Waals surface area contributed by atoms with E-state index in [4.69, 9.17) is 23.8 Å². The maximum Gasteiger partial charge on any atom is 0.232 e. The van der Waals surface area contributed by atoms with E-state index in [0.29, 0.717) is 16.3 Å². The van der Waals surface area contributed by atoms with Crippen molar-refractivity contribution in [2.24, 2.45) is 21.7 Å².